The van der Waals surface area contributed by atoms with Crippen molar-refractivity contribution in [1.82, 2.24) is 9.88 Å². The number of carbonyl (C=O) groups excluding carboxylic acids is 1. The van der Waals surface area contributed by atoms with Gasteiger partial charge in [0.05, 0.1) is 24.6 Å². The van der Waals surface area contributed by atoms with Crippen molar-refractivity contribution < 1.29 is 27.8 Å². The van der Waals surface area contributed by atoms with E-state index < -0.39 is 17.8 Å². The molecule has 0 radical (unpaired) electrons. The molecule has 1 saturated heterocycles. The largest absolute Gasteiger partial charge is 0.472 e. The Morgan fingerprint density at radius 3 is 2.71 bits per heavy atom. The van der Waals surface area contributed by atoms with E-state index in [2.05, 4.69) is 4.98 Å². The minimum atomic E-state index is -4.43. The molecule has 1 aromatic rings. The molecule has 1 N–H and O–H groups in total. The summed E-state index contributed by atoms with van der Waals surface area (Å²) in [5, 5.41) is 9.77. The topological polar surface area (TPSA) is 62.7 Å². The van der Waals surface area contributed by atoms with Gasteiger partial charge >= 0.3 is 6.18 Å². The molecule has 0 aliphatic carbocycles. The summed E-state index contributed by atoms with van der Waals surface area (Å²) >= 11 is 0. The zero-order valence-corrected chi connectivity index (χ0v) is 13.6. The van der Waals surface area contributed by atoms with E-state index in [1.807, 2.05) is 13.8 Å². The molecule has 0 spiro atoms. The zero-order valence-electron chi connectivity index (χ0n) is 13.6. The molecule has 1 aliphatic rings. The molecule has 134 valence electrons. The first kappa shape index (κ1) is 18.5. The van der Waals surface area contributed by atoms with Gasteiger partial charge in [0.1, 0.15) is 6.10 Å². The molecule has 1 fully saturated rings. The van der Waals surface area contributed by atoms with E-state index in [1.165, 1.54) is 6.07 Å². The third-order valence-corrected chi connectivity index (χ3v) is 4.00. The minimum absolute atomic E-state index is 0.0000489. The molecular weight excluding hydrogens is 325 g/mol. The maximum absolute atomic E-state index is 12.5. The standard InChI is InChI=1S/C16H21F3N2O3/c1-10(2)13(22)7-15(23)21-6-5-12(9-21)24-14-4-3-11(8-20-14)16(17,18)19/h3-4,8,10,12-13,22H,5-7,9H2,1-2H3/t12-,13+/m1/s1. The van der Waals surface area contributed by atoms with Gasteiger partial charge in [-0.25, -0.2) is 4.98 Å². The highest BCUT2D eigenvalue weighted by atomic mass is 19.4. The SMILES string of the molecule is CC(C)[C@@H](O)CC(=O)N1CC[C@@H](Oc2ccc(C(F)(F)F)cn2)C1. The van der Waals surface area contributed by atoms with Crippen LogP contribution in [0.1, 0.15) is 32.3 Å². The number of carbonyl (C=O) groups is 1. The van der Waals surface area contributed by atoms with E-state index in [9.17, 15) is 23.1 Å². The summed E-state index contributed by atoms with van der Waals surface area (Å²) < 4.78 is 43.0. The highest BCUT2D eigenvalue weighted by Crippen LogP contribution is 2.29. The molecule has 0 aromatic carbocycles. The van der Waals surface area contributed by atoms with E-state index >= 15 is 0 Å². The fourth-order valence-corrected chi connectivity index (χ4v) is 2.38. The Morgan fingerprint density at radius 1 is 1.46 bits per heavy atom. The number of hydrogen-bond acceptors (Lipinski definition) is 4. The fraction of sp³-hybridized carbons (Fsp3) is 0.625. The van der Waals surface area contributed by atoms with Crippen LogP contribution in [0.5, 0.6) is 5.88 Å². The van der Waals surface area contributed by atoms with Crippen molar-refractivity contribution in [2.45, 2.75) is 45.1 Å². The van der Waals surface area contributed by atoms with Gasteiger partial charge in [0, 0.05) is 25.2 Å². The van der Waals surface area contributed by atoms with Crippen molar-refractivity contribution in [3.8, 4) is 5.88 Å². The van der Waals surface area contributed by atoms with Gasteiger partial charge in [0.15, 0.2) is 0 Å². The van der Waals surface area contributed by atoms with Gasteiger partial charge in [-0.05, 0) is 12.0 Å². The molecule has 0 saturated carbocycles. The number of pyridine rings is 1. The molecule has 2 atom stereocenters. The lowest BCUT2D eigenvalue weighted by molar-refractivity contribution is -0.138. The second kappa shape index (κ2) is 7.38. The van der Waals surface area contributed by atoms with E-state index in [1.54, 1.807) is 4.90 Å². The first-order valence-electron chi connectivity index (χ1n) is 7.82. The average molecular weight is 346 g/mol. The second-order valence-corrected chi connectivity index (χ2v) is 6.27. The number of alkyl halides is 3. The van der Waals surface area contributed by atoms with Crippen LogP contribution < -0.4 is 4.74 Å². The van der Waals surface area contributed by atoms with Gasteiger partial charge in [0.2, 0.25) is 11.8 Å². The van der Waals surface area contributed by atoms with Crippen molar-refractivity contribution in [3.05, 3.63) is 23.9 Å². The molecule has 1 amide bonds. The Kier molecular flexibility index (Phi) is 5.69. The average Bonchev–Trinajstić information content (AvgIpc) is 2.95. The summed E-state index contributed by atoms with van der Waals surface area (Å²) in [6.07, 6.45) is -4.07. The summed E-state index contributed by atoms with van der Waals surface area (Å²) in [5.74, 6) is -0.0489. The minimum Gasteiger partial charge on any atom is -0.472 e. The molecule has 24 heavy (non-hydrogen) atoms. The molecule has 1 aromatic heterocycles. The first-order chi connectivity index (χ1) is 11.2. The molecular formula is C16H21F3N2O3. The van der Waals surface area contributed by atoms with Crippen LogP contribution in [0.25, 0.3) is 0 Å². The Hall–Kier alpha value is -1.83. The number of rotatable bonds is 5. The normalized spacial score (nSPS) is 19.6. The predicted molar refractivity (Wildman–Crippen MR) is 80.3 cm³/mol. The van der Waals surface area contributed by atoms with Crippen LogP contribution in [0.15, 0.2) is 18.3 Å². The quantitative estimate of drug-likeness (QED) is 0.890. The first-order valence-corrected chi connectivity index (χ1v) is 7.82. The molecule has 8 heteroatoms. The van der Waals surface area contributed by atoms with Crippen molar-refractivity contribution in [3.63, 3.8) is 0 Å². The number of aliphatic hydroxyl groups is 1. The van der Waals surface area contributed by atoms with Crippen molar-refractivity contribution >= 4 is 5.91 Å². The van der Waals surface area contributed by atoms with Crippen LogP contribution in [-0.2, 0) is 11.0 Å². The summed E-state index contributed by atoms with van der Waals surface area (Å²) in [4.78, 5) is 17.3. The van der Waals surface area contributed by atoms with E-state index in [-0.39, 0.29) is 30.2 Å². The fourth-order valence-electron chi connectivity index (χ4n) is 2.38. The summed E-state index contributed by atoms with van der Waals surface area (Å²) in [6.45, 7) is 4.51. The van der Waals surface area contributed by atoms with Crippen molar-refractivity contribution in [1.29, 1.82) is 0 Å². The lowest BCUT2D eigenvalue weighted by Crippen LogP contribution is -2.34. The number of aliphatic hydroxyl groups excluding tert-OH is 1. The molecule has 2 heterocycles. The summed E-state index contributed by atoms with van der Waals surface area (Å²) in [5.41, 5.74) is -0.833. The van der Waals surface area contributed by atoms with Crippen LogP contribution in [-0.4, -0.2) is 46.2 Å². The molecule has 0 bridgehead atoms. The number of nitrogens with zero attached hydrogens (tertiary/aromatic N) is 2. The molecule has 0 unspecified atom stereocenters. The zero-order chi connectivity index (χ0) is 17.9. The van der Waals surface area contributed by atoms with Crippen LogP contribution >= 0.6 is 0 Å². The van der Waals surface area contributed by atoms with Gasteiger partial charge in [-0.2, -0.15) is 13.2 Å². The summed E-state index contributed by atoms with van der Waals surface area (Å²) in [6, 6.07) is 2.09. The lowest BCUT2D eigenvalue weighted by atomic mass is 10.0. The van der Waals surface area contributed by atoms with E-state index in [0.717, 1.165) is 12.3 Å². The number of likely N-dealkylation sites (tertiary alicyclic amines) is 1. The maximum atomic E-state index is 12.5. The van der Waals surface area contributed by atoms with Crippen molar-refractivity contribution in [2.75, 3.05) is 13.1 Å². The number of aromatic nitrogens is 1. The van der Waals surface area contributed by atoms with Gasteiger partial charge in [-0.3, -0.25) is 4.79 Å². The Morgan fingerprint density at radius 2 is 2.17 bits per heavy atom. The number of amides is 1. The Bertz CT molecular complexity index is 561. The highest BCUT2D eigenvalue weighted by Gasteiger charge is 2.32. The monoisotopic (exact) mass is 346 g/mol. The predicted octanol–water partition coefficient (Wildman–Crippen LogP) is 2.49. The summed E-state index contributed by atoms with van der Waals surface area (Å²) in [7, 11) is 0. The third-order valence-electron chi connectivity index (χ3n) is 4.00. The lowest BCUT2D eigenvalue weighted by Gasteiger charge is -2.20. The Labute approximate surface area is 138 Å². The van der Waals surface area contributed by atoms with Crippen molar-refractivity contribution in [2.24, 2.45) is 5.92 Å². The highest BCUT2D eigenvalue weighted by molar-refractivity contribution is 5.77. The van der Waals surface area contributed by atoms with E-state index in [4.69, 9.17) is 4.74 Å². The number of halogens is 3. The number of hydrogen-bond donors (Lipinski definition) is 1. The van der Waals surface area contributed by atoms with Crippen LogP contribution in [0, 0.1) is 5.92 Å². The van der Waals surface area contributed by atoms with Gasteiger partial charge in [0.25, 0.3) is 0 Å². The third kappa shape index (κ3) is 4.83. The molecule has 2 rings (SSSR count). The van der Waals surface area contributed by atoms with Gasteiger partial charge in [-0.1, -0.05) is 13.8 Å². The van der Waals surface area contributed by atoms with Crippen LogP contribution in [0.2, 0.25) is 0 Å². The van der Waals surface area contributed by atoms with Crippen LogP contribution in [0.4, 0.5) is 13.2 Å². The number of ether oxygens (including phenoxy) is 1. The smallest absolute Gasteiger partial charge is 0.417 e. The van der Waals surface area contributed by atoms with E-state index in [0.29, 0.717) is 19.5 Å². The molecule has 5 nitrogen and oxygen atoms in total. The molecule has 1 aliphatic heterocycles. The van der Waals surface area contributed by atoms with Gasteiger partial charge < -0.3 is 14.7 Å². The van der Waals surface area contributed by atoms with Gasteiger partial charge in [-0.15, -0.1) is 0 Å². The second-order valence-electron chi connectivity index (χ2n) is 6.27. The maximum Gasteiger partial charge on any atom is 0.417 e. The van der Waals surface area contributed by atoms with Crippen LogP contribution in [0.3, 0.4) is 0 Å². The Balaban J connectivity index is 1.86.